The first-order valence-corrected chi connectivity index (χ1v) is 6.09. The first-order valence-electron chi connectivity index (χ1n) is 5.18. The highest BCUT2D eigenvalue weighted by Crippen LogP contribution is 2.35. The molecule has 90 valence electrons. The minimum absolute atomic E-state index is 0.471. The molecule has 1 atom stereocenters. The Hall–Kier alpha value is -1.36. The Morgan fingerprint density at radius 2 is 1.88 bits per heavy atom. The lowest BCUT2D eigenvalue weighted by Gasteiger charge is -2.19. The van der Waals surface area contributed by atoms with E-state index in [-0.39, 0.29) is 0 Å². The van der Waals surface area contributed by atoms with Gasteiger partial charge in [-0.2, -0.15) is 0 Å². The van der Waals surface area contributed by atoms with Crippen LogP contribution in [0.3, 0.4) is 0 Å². The van der Waals surface area contributed by atoms with Crippen molar-refractivity contribution in [3.63, 3.8) is 0 Å². The average molecular weight is 299 g/mol. The van der Waals surface area contributed by atoms with Crippen LogP contribution in [0.15, 0.2) is 18.2 Å². The zero-order valence-electron chi connectivity index (χ0n) is 9.23. The molecular formula is C12H11BrO4. The topological polar surface area (TPSA) is 52.6 Å². The van der Waals surface area contributed by atoms with Gasteiger partial charge in [-0.3, -0.25) is 9.59 Å². The molecule has 5 heteroatoms. The molecule has 4 nitrogen and oxygen atoms in total. The van der Waals surface area contributed by atoms with Crippen molar-refractivity contribution in [3.05, 3.63) is 23.8 Å². The maximum absolute atomic E-state index is 11.5. The van der Waals surface area contributed by atoms with Gasteiger partial charge in [-0.1, -0.05) is 22.0 Å². The molecule has 0 aromatic heterocycles. The molecule has 0 amide bonds. The maximum atomic E-state index is 11.5. The Kier molecular flexibility index (Phi) is 3.47. The summed E-state index contributed by atoms with van der Waals surface area (Å²) in [6.45, 7) is 2.27. The van der Waals surface area contributed by atoms with Crippen molar-refractivity contribution >= 4 is 27.5 Å². The van der Waals surface area contributed by atoms with Crippen LogP contribution in [0.25, 0.3) is 0 Å². The number of carbonyl (C=O) groups excluding carboxylic acids is 2. The molecule has 0 saturated heterocycles. The number of Topliss-reactive ketones (excluding diaryl/α,β-unsaturated/α-hetero) is 2. The van der Waals surface area contributed by atoms with Crippen LogP contribution in [0.4, 0.5) is 0 Å². The summed E-state index contributed by atoms with van der Waals surface area (Å²) in [7, 11) is 0. The van der Waals surface area contributed by atoms with Crippen molar-refractivity contribution < 1.29 is 19.1 Å². The molecule has 1 unspecified atom stereocenters. The van der Waals surface area contributed by atoms with Crippen LogP contribution in [0.5, 0.6) is 11.5 Å². The van der Waals surface area contributed by atoms with E-state index in [1.807, 2.05) is 0 Å². The van der Waals surface area contributed by atoms with Crippen LogP contribution in [-0.2, 0) is 9.59 Å². The molecule has 0 fully saturated rings. The standard InChI is InChI=1S/C12H11BrO4/c1-7(14)12(15)11(13)8-2-3-9-10(6-8)17-5-4-16-9/h2-3,6,11H,4-5H2,1H3. The highest BCUT2D eigenvalue weighted by Gasteiger charge is 2.23. The molecular weight excluding hydrogens is 288 g/mol. The van der Waals surface area contributed by atoms with Gasteiger partial charge in [0.2, 0.25) is 5.78 Å². The molecule has 0 aliphatic carbocycles. The second-order valence-corrected chi connectivity index (χ2v) is 4.60. The number of benzene rings is 1. The molecule has 0 saturated carbocycles. The second-order valence-electron chi connectivity index (χ2n) is 3.69. The number of halogens is 1. The Morgan fingerprint density at radius 1 is 1.24 bits per heavy atom. The normalized spacial score (nSPS) is 15.2. The monoisotopic (exact) mass is 298 g/mol. The summed E-state index contributed by atoms with van der Waals surface area (Å²) in [6, 6.07) is 5.20. The third-order valence-corrected chi connectivity index (χ3v) is 3.38. The Labute approximate surface area is 107 Å². The summed E-state index contributed by atoms with van der Waals surface area (Å²) in [5, 5.41) is 0. The van der Waals surface area contributed by atoms with Crippen LogP contribution in [0.1, 0.15) is 17.3 Å². The summed E-state index contributed by atoms with van der Waals surface area (Å²) < 4.78 is 10.8. The Morgan fingerprint density at radius 3 is 2.53 bits per heavy atom. The van der Waals surface area contributed by atoms with Gasteiger partial charge in [0.25, 0.3) is 0 Å². The average Bonchev–Trinajstić information content (AvgIpc) is 2.36. The zero-order chi connectivity index (χ0) is 12.4. The van der Waals surface area contributed by atoms with Gasteiger partial charge in [0.05, 0.1) is 0 Å². The van der Waals surface area contributed by atoms with Gasteiger partial charge >= 0.3 is 0 Å². The fourth-order valence-electron chi connectivity index (χ4n) is 1.55. The van der Waals surface area contributed by atoms with Gasteiger partial charge < -0.3 is 9.47 Å². The summed E-state index contributed by atoms with van der Waals surface area (Å²) in [5.41, 5.74) is 0.689. The smallest absolute Gasteiger partial charge is 0.216 e. The van der Waals surface area contributed by atoms with E-state index < -0.39 is 16.4 Å². The van der Waals surface area contributed by atoms with Crippen molar-refractivity contribution in [1.82, 2.24) is 0 Å². The largest absolute Gasteiger partial charge is 0.486 e. The molecule has 0 spiro atoms. The number of hydrogen-bond acceptors (Lipinski definition) is 4. The van der Waals surface area contributed by atoms with Crippen LogP contribution >= 0.6 is 15.9 Å². The van der Waals surface area contributed by atoms with Crippen molar-refractivity contribution in [3.8, 4) is 11.5 Å². The quantitative estimate of drug-likeness (QED) is 0.633. The molecule has 1 aromatic carbocycles. The third kappa shape index (κ3) is 2.49. The van der Waals surface area contributed by atoms with E-state index in [1.54, 1.807) is 18.2 Å². The minimum atomic E-state index is -0.629. The Balaban J connectivity index is 2.27. The number of alkyl halides is 1. The zero-order valence-corrected chi connectivity index (χ0v) is 10.8. The van der Waals surface area contributed by atoms with Crippen molar-refractivity contribution in [2.75, 3.05) is 13.2 Å². The Bertz CT molecular complexity index is 470. The van der Waals surface area contributed by atoms with E-state index in [4.69, 9.17) is 9.47 Å². The molecule has 0 radical (unpaired) electrons. The van der Waals surface area contributed by atoms with Crippen molar-refractivity contribution in [2.45, 2.75) is 11.8 Å². The molecule has 0 N–H and O–H groups in total. The van der Waals surface area contributed by atoms with E-state index >= 15 is 0 Å². The SMILES string of the molecule is CC(=O)C(=O)C(Br)c1ccc2c(c1)OCCO2. The predicted molar refractivity (Wildman–Crippen MR) is 64.8 cm³/mol. The molecule has 1 aromatic rings. The summed E-state index contributed by atoms with van der Waals surface area (Å²) in [4.78, 5) is 21.9. The number of ketones is 2. The lowest BCUT2D eigenvalue weighted by atomic mass is 10.1. The number of ether oxygens (including phenoxy) is 2. The summed E-state index contributed by atoms with van der Waals surface area (Å²) >= 11 is 3.21. The fourth-order valence-corrected chi connectivity index (χ4v) is 2.15. The van der Waals surface area contributed by atoms with Crippen LogP contribution in [0.2, 0.25) is 0 Å². The van der Waals surface area contributed by atoms with E-state index in [0.29, 0.717) is 30.3 Å². The van der Waals surface area contributed by atoms with E-state index in [9.17, 15) is 9.59 Å². The lowest BCUT2D eigenvalue weighted by Crippen LogP contribution is -2.17. The van der Waals surface area contributed by atoms with E-state index in [0.717, 1.165) is 0 Å². The lowest BCUT2D eigenvalue weighted by molar-refractivity contribution is -0.135. The van der Waals surface area contributed by atoms with Gasteiger partial charge in [0.15, 0.2) is 17.3 Å². The fraction of sp³-hybridized carbons (Fsp3) is 0.333. The van der Waals surface area contributed by atoms with Gasteiger partial charge in [0, 0.05) is 6.92 Å². The van der Waals surface area contributed by atoms with Gasteiger partial charge in [-0.15, -0.1) is 0 Å². The predicted octanol–water partition coefficient (Wildman–Crippen LogP) is 2.05. The number of carbonyl (C=O) groups is 2. The number of rotatable bonds is 3. The number of fused-ring (bicyclic) bond motifs is 1. The highest BCUT2D eigenvalue weighted by atomic mass is 79.9. The van der Waals surface area contributed by atoms with Crippen LogP contribution < -0.4 is 9.47 Å². The highest BCUT2D eigenvalue weighted by molar-refractivity contribution is 9.09. The van der Waals surface area contributed by atoms with E-state index in [2.05, 4.69) is 15.9 Å². The molecule has 0 bridgehead atoms. The van der Waals surface area contributed by atoms with Gasteiger partial charge in [-0.25, -0.2) is 0 Å². The molecule has 1 aliphatic rings. The van der Waals surface area contributed by atoms with Crippen molar-refractivity contribution in [1.29, 1.82) is 0 Å². The first-order chi connectivity index (χ1) is 8.09. The van der Waals surface area contributed by atoms with Gasteiger partial charge in [-0.05, 0) is 17.7 Å². The van der Waals surface area contributed by atoms with Crippen molar-refractivity contribution in [2.24, 2.45) is 0 Å². The molecule has 2 rings (SSSR count). The summed E-state index contributed by atoms with van der Waals surface area (Å²) in [6.07, 6.45) is 0. The third-order valence-electron chi connectivity index (χ3n) is 2.44. The van der Waals surface area contributed by atoms with Crippen LogP contribution in [-0.4, -0.2) is 24.8 Å². The minimum Gasteiger partial charge on any atom is -0.486 e. The maximum Gasteiger partial charge on any atom is 0.216 e. The second kappa shape index (κ2) is 4.87. The molecule has 17 heavy (non-hydrogen) atoms. The molecule has 1 heterocycles. The van der Waals surface area contributed by atoms with E-state index in [1.165, 1.54) is 6.92 Å². The van der Waals surface area contributed by atoms with Gasteiger partial charge in [0.1, 0.15) is 18.0 Å². The molecule has 1 aliphatic heterocycles. The number of hydrogen-bond donors (Lipinski definition) is 0. The summed E-state index contributed by atoms with van der Waals surface area (Å²) in [5.74, 6) is 0.327. The first kappa shape index (κ1) is 12.1. The van der Waals surface area contributed by atoms with Crippen LogP contribution in [0, 0.1) is 0 Å².